The highest BCUT2D eigenvalue weighted by molar-refractivity contribution is 5.93. The van der Waals surface area contributed by atoms with E-state index in [4.69, 9.17) is 9.47 Å². The van der Waals surface area contributed by atoms with E-state index in [1.54, 1.807) is 6.26 Å². The van der Waals surface area contributed by atoms with Gasteiger partial charge >= 0.3 is 0 Å². The van der Waals surface area contributed by atoms with Crippen molar-refractivity contribution in [2.75, 3.05) is 26.3 Å². The third-order valence-corrected chi connectivity index (χ3v) is 4.86. The number of rotatable bonds is 6. The monoisotopic (exact) mass is 344 g/mol. The van der Waals surface area contributed by atoms with Gasteiger partial charge in [-0.3, -0.25) is 9.69 Å². The van der Waals surface area contributed by atoms with Crippen LogP contribution >= 0.6 is 0 Å². The van der Waals surface area contributed by atoms with Gasteiger partial charge in [-0.1, -0.05) is 37.3 Å². The van der Waals surface area contributed by atoms with E-state index in [1.165, 1.54) is 5.56 Å². The van der Waals surface area contributed by atoms with Crippen molar-refractivity contribution in [1.29, 1.82) is 0 Å². The zero-order valence-electron chi connectivity index (χ0n) is 14.9. The van der Waals surface area contributed by atoms with E-state index in [2.05, 4.69) is 41.4 Å². The standard InChI is InChI=1S/C20H28N2O3/c1-2-18(21-20(23)17-9-6-11-24-15-17)19-14-22(10-12-25-19)13-16-7-4-3-5-8-16/h3-5,7-8,15,18-19H,2,6,9-14H2,1H3,(H,21,23)/t18-,19-/m0/s1. The molecule has 0 aliphatic carbocycles. The summed E-state index contributed by atoms with van der Waals surface area (Å²) in [4.78, 5) is 14.9. The van der Waals surface area contributed by atoms with Crippen molar-refractivity contribution in [3.63, 3.8) is 0 Å². The second-order valence-electron chi connectivity index (χ2n) is 6.74. The lowest BCUT2D eigenvalue weighted by Crippen LogP contribution is -2.53. The van der Waals surface area contributed by atoms with Crippen LogP contribution in [0.3, 0.4) is 0 Å². The quantitative estimate of drug-likeness (QED) is 0.861. The predicted octanol–water partition coefficient (Wildman–Crippen LogP) is 2.48. The fraction of sp³-hybridized carbons (Fsp3) is 0.550. The van der Waals surface area contributed by atoms with Gasteiger partial charge in [0.2, 0.25) is 0 Å². The fourth-order valence-corrected chi connectivity index (χ4v) is 3.41. The first-order valence-electron chi connectivity index (χ1n) is 9.25. The lowest BCUT2D eigenvalue weighted by Gasteiger charge is -2.37. The molecule has 2 atom stereocenters. The summed E-state index contributed by atoms with van der Waals surface area (Å²) in [5.41, 5.74) is 2.05. The van der Waals surface area contributed by atoms with Gasteiger partial charge in [-0.15, -0.1) is 0 Å². The highest BCUT2D eigenvalue weighted by atomic mass is 16.5. The van der Waals surface area contributed by atoms with E-state index in [9.17, 15) is 4.79 Å². The third kappa shape index (κ3) is 5.06. The van der Waals surface area contributed by atoms with E-state index >= 15 is 0 Å². The van der Waals surface area contributed by atoms with E-state index in [0.29, 0.717) is 13.2 Å². The number of nitrogens with one attached hydrogen (secondary N) is 1. The van der Waals surface area contributed by atoms with Crippen molar-refractivity contribution in [1.82, 2.24) is 10.2 Å². The smallest absolute Gasteiger partial charge is 0.250 e. The molecule has 2 aliphatic heterocycles. The lowest BCUT2D eigenvalue weighted by atomic mass is 10.0. The molecule has 25 heavy (non-hydrogen) atoms. The molecule has 1 saturated heterocycles. The zero-order valence-corrected chi connectivity index (χ0v) is 14.9. The number of hydrogen-bond acceptors (Lipinski definition) is 4. The Kier molecular flexibility index (Phi) is 6.48. The van der Waals surface area contributed by atoms with Gasteiger partial charge in [-0.2, -0.15) is 0 Å². The van der Waals surface area contributed by atoms with Crippen LogP contribution in [0.25, 0.3) is 0 Å². The Labute approximate surface area is 150 Å². The molecular formula is C20H28N2O3. The molecule has 0 bridgehead atoms. The average Bonchev–Trinajstić information content (AvgIpc) is 2.67. The minimum Gasteiger partial charge on any atom is -0.501 e. The summed E-state index contributed by atoms with van der Waals surface area (Å²) in [7, 11) is 0. The van der Waals surface area contributed by atoms with E-state index in [-0.39, 0.29) is 18.1 Å². The van der Waals surface area contributed by atoms with Crippen molar-refractivity contribution in [3.05, 3.63) is 47.7 Å². The number of carbonyl (C=O) groups excluding carboxylic acids is 1. The van der Waals surface area contributed by atoms with Crippen LogP contribution in [-0.2, 0) is 20.8 Å². The summed E-state index contributed by atoms with van der Waals surface area (Å²) in [6.45, 7) is 6.18. The summed E-state index contributed by atoms with van der Waals surface area (Å²) in [6, 6.07) is 10.5. The molecule has 2 heterocycles. The Balaban J connectivity index is 1.56. The topological polar surface area (TPSA) is 50.8 Å². The van der Waals surface area contributed by atoms with Crippen LogP contribution in [-0.4, -0.2) is 49.3 Å². The highest BCUT2D eigenvalue weighted by Gasteiger charge is 2.29. The van der Waals surface area contributed by atoms with Crippen LogP contribution in [0.4, 0.5) is 0 Å². The first kappa shape index (κ1) is 18.0. The Morgan fingerprint density at radius 1 is 1.32 bits per heavy atom. The largest absolute Gasteiger partial charge is 0.501 e. The summed E-state index contributed by atoms with van der Waals surface area (Å²) in [5, 5.41) is 3.15. The van der Waals surface area contributed by atoms with Gasteiger partial charge in [0.1, 0.15) is 0 Å². The van der Waals surface area contributed by atoms with E-state index in [1.807, 2.05) is 6.07 Å². The zero-order chi connectivity index (χ0) is 17.5. The van der Waals surface area contributed by atoms with Gasteiger partial charge in [0.25, 0.3) is 5.91 Å². The molecule has 0 spiro atoms. The van der Waals surface area contributed by atoms with Gasteiger partial charge in [-0.05, 0) is 24.8 Å². The van der Waals surface area contributed by atoms with Crippen molar-refractivity contribution in [2.24, 2.45) is 0 Å². The fourth-order valence-electron chi connectivity index (χ4n) is 3.41. The molecular weight excluding hydrogens is 316 g/mol. The average molecular weight is 344 g/mol. The van der Waals surface area contributed by atoms with Gasteiger partial charge in [-0.25, -0.2) is 0 Å². The molecule has 2 aliphatic rings. The molecule has 1 N–H and O–H groups in total. The van der Waals surface area contributed by atoms with Crippen molar-refractivity contribution < 1.29 is 14.3 Å². The van der Waals surface area contributed by atoms with Crippen LogP contribution in [0.5, 0.6) is 0 Å². The van der Waals surface area contributed by atoms with Crippen LogP contribution in [0.15, 0.2) is 42.2 Å². The lowest BCUT2D eigenvalue weighted by molar-refractivity contribution is -0.121. The molecule has 5 heteroatoms. The Bertz CT molecular complexity index is 588. The van der Waals surface area contributed by atoms with Crippen molar-refractivity contribution in [3.8, 4) is 0 Å². The Hall–Kier alpha value is -1.85. The number of carbonyl (C=O) groups is 1. The molecule has 1 aromatic carbocycles. The number of benzene rings is 1. The molecule has 0 unspecified atom stereocenters. The SMILES string of the molecule is CC[C@H](NC(=O)C1=COCCC1)[C@@H]1CN(Cc2ccccc2)CCO1. The molecule has 3 rings (SSSR count). The molecule has 1 aromatic rings. The number of morpholine rings is 1. The second kappa shape index (κ2) is 9.02. The molecule has 1 amide bonds. The molecule has 136 valence electrons. The number of nitrogens with zero attached hydrogens (tertiary/aromatic N) is 1. The first-order chi connectivity index (χ1) is 12.3. The number of ether oxygens (including phenoxy) is 2. The van der Waals surface area contributed by atoms with Crippen LogP contribution in [0, 0.1) is 0 Å². The summed E-state index contributed by atoms with van der Waals surface area (Å²) >= 11 is 0. The van der Waals surface area contributed by atoms with E-state index < -0.39 is 0 Å². The molecule has 0 radical (unpaired) electrons. The van der Waals surface area contributed by atoms with E-state index in [0.717, 1.165) is 44.5 Å². The minimum atomic E-state index is -0.0182. The maximum Gasteiger partial charge on any atom is 0.250 e. The van der Waals surface area contributed by atoms with Gasteiger partial charge in [0, 0.05) is 19.6 Å². The molecule has 0 aromatic heterocycles. The minimum absolute atomic E-state index is 0.0182. The number of hydrogen-bond donors (Lipinski definition) is 1. The van der Waals surface area contributed by atoms with Gasteiger partial charge < -0.3 is 14.8 Å². The Morgan fingerprint density at radius 3 is 2.88 bits per heavy atom. The third-order valence-electron chi connectivity index (χ3n) is 4.86. The second-order valence-corrected chi connectivity index (χ2v) is 6.74. The summed E-state index contributed by atoms with van der Waals surface area (Å²) < 4.78 is 11.3. The maximum absolute atomic E-state index is 12.5. The normalized spacial score (nSPS) is 22.6. The van der Waals surface area contributed by atoms with Gasteiger partial charge in [0.15, 0.2) is 0 Å². The van der Waals surface area contributed by atoms with Crippen LogP contribution in [0.2, 0.25) is 0 Å². The number of amides is 1. The molecule has 0 saturated carbocycles. The summed E-state index contributed by atoms with van der Waals surface area (Å²) in [5.74, 6) is -0.0182. The Morgan fingerprint density at radius 2 is 2.16 bits per heavy atom. The highest BCUT2D eigenvalue weighted by Crippen LogP contribution is 2.17. The van der Waals surface area contributed by atoms with Gasteiger partial charge in [0.05, 0.1) is 37.2 Å². The summed E-state index contributed by atoms with van der Waals surface area (Å²) in [6.07, 6.45) is 4.17. The van der Waals surface area contributed by atoms with Crippen LogP contribution < -0.4 is 5.32 Å². The predicted molar refractivity (Wildman–Crippen MR) is 96.9 cm³/mol. The van der Waals surface area contributed by atoms with Crippen LogP contribution in [0.1, 0.15) is 31.7 Å². The van der Waals surface area contributed by atoms with Crippen molar-refractivity contribution in [2.45, 2.75) is 44.9 Å². The molecule has 5 nitrogen and oxygen atoms in total. The first-order valence-corrected chi connectivity index (χ1v) is 9.25. The van der Waals surface area contributed by atoms with Crippen molar-refractivity contribution >= 4 is 5.91 Å². The maximum atomic E-state index is 12.5. The molecule has 1 fully saturated rings.